The van der Waals surface area contributed by atoms with Crippen LogP contribution in [-0.4, -0.2) is 14.2 Å². The fourth-order valence-corrected chi connectivity index (χ4v) is 2.43. The molecule has 0 radical (unpaired) electrons. The lowest BCUT2D eigenvalue weighted by Gasteiger charge is -2.05. The van der Waals surface area contributed by atoms with E-state index in [9.17, 15) is 8.42 Å². The van der Waals surface area contributed by atoms with E-state index in [0.717, 1.165) is 16.7 Å². The molecule has 2 rings (SSSR count). The molecule has 0 saturated heterocycles. The van der Waals surface area contributed by atoms with Gasteiger partial charge >= 0.3 is 0 Å². The summed E-state index contributed by atoms with van der Waals surface area (Å²) in [5, 5.41) is 0. The van der Waals surface area contributed by atoms with Gasteiger partial charge < -0.3 is 4.74 Å². The number of ether oxygens (including phenoxy) is 1. The van der Waals surface area contributed by atoms with Gasteiger partial charge in [0.25, 0.3) is 0 Å². The van der Waals surface area contributed by atoms with Crippen molar-refractivity contribution in [3.05, 3.63) is 34.9 Å². The van der Waals surface area contributed by atoms with Crippen LogP contribution >= 0.6 is 10.7 Å². The zero-order valence-electron chi connectivity index (χ0n) is 8.07. The minimum atomic E-state index is -3.41. The Labute approximate surface area is 93.4 Å². The molecule has 5 heteroatoms. The summed E-state index contributed by atoms with van der Waals surface area (Å²) in [6, 6.07) is 5.85. The maximum atomic E-state index is 10.8. The Morgan fingerprint density at radius 1 is 1.33 bits per heavy atom. The summed E-state index contributed by atoms with van der Waals surface area (Å²) in [5.74, 6) is -0.0228. The van der Waals surface area contributed by atoms with Crippen molar-refractivity contribution in [2.75, 3.05) is 5.75 Å². The predicted molar refractivity (Wildman–Crippen MR) is 58.3 cm³/mol. The zero-order valence-corrected chi connectivity index (χ0v) is 9.64. The molecule has 82 valence electrons. The van der Waals surface area contributed by atoms with Crippen LogP contribution in [0.4, 0.5) is 0 Å². The van der Waals surface area contributed by atoms with Gasteiger partial charge in [0.1, 0.15) is 0 Å². The molecule has 15 heavy (non-hydrogen) atoms. The quantitative estimate of drug-likeness (QED) is 0.765. The van der Waals surface area contributed by atoms with E-state index in [0.29, 0.717) is 19.6 Å². The normalized spacial score (nSPS) is 15.3. The van der Waals surface area contributed by atoms with Gasteiger partial charge in [0.15, 0.2) is 0 Å². The van der Waals surface area contributed by atoms with Crippen molar-refractivity contribution in [3.63, 3.8) is 0 Å². The summed E-state index contributed by atoms with van der Waals surface area (Å²) in [7, 11) is 1.77. The molecule has 0 atom stereocenters. The minimum Gasteiger partial charge on any atom is -0.372 e. The highest BCUT2D eigenvalue weighted by Crippen LogP contribution is 2.24. The molecule has 0 aliphatic carbocycles. The monoisotopic (exact) mass is 246 g/mol. The zero-order chi connectivity index (χ0) is 10.9. The lowest BCUT2D eigenvalue weighted by molar-refractivity contribution is 0.134. The SMILES string of the molecule is O=S(=O)(Cl)CCc1cccc2c1COC2. The van der Waals surface area contributed by atoms with Crippen molar-refractivity contribution in [1.82, 2.24) is 0 Å². The first kappa shape index (κ1) is 10.9. The number of hydrogen-bond acceptors (Lipinski definition) is 3. The highest BCUT2D eigenvalue weighted by atomic mass is 35.7. The van der Waals surface area contributed by atoms with E-state index in [2.05, 4.69) is 0 Å². The van der Waals surface area contributed by atoms with Crippen LogP contribution in [0.2, 0.25) is 0 Å². The van der Waals surface area contributed by atoms with Crippen molar-refractivity contribution in [2.24, 2.45) is 0 Å². The highest BCUT2D eigenvalue weighted by Gasteiger charge is 2.16. The third kappa shape index (κ3) is 2.71. The molecule has 0 bridgehead atoms. The van der Waals surface area contributed by atoms with Gasteiger partial charge in [-0.15, -0.1) is 0 Å². The lowest BCUT2D eigenvalue weighted by atomic mass is 10.0. The van der Waals surface area contributed by atoms with Crippen molar-refractivity contribution >= 4 is 19.7 Å². The molecule has 0 fully saturated rings. The standard InChI is InChI=1S/C10H11ClO3S/c11-15(12,13)5-4-8-2-1-3-9-6-14-7-10(8)9/h1-3H,4-7H2. The van der Waals surface area contributed by atoms with E-state index in [-0.39, 0.29) is 5.75 Å². The van der Waals surface area contributed by atoms with Crippen molar-refractivity contribution in [3.8, 4) is 0 Å². The van der Waals surface area contributed by atoms with Crippen LogP contribution in [0.15, 0.2) is 18.2 Å². The molecule has 0 aromatic heterocycles. The first-order chi connectivity index (χ1) is 7.06. The van der Waals surface area contributed by atoms with Crippen LogP contribution < -0.4 is 0 Å². The fourth-order valence-electron chi connectivity index (χ4n) is 1.74. The van der Waals surface area contributed by atoms with Crippen molar-refractivity contribution < 1.29 is 13.2 Å². The lowest BCUT2D eigenvalue weighted by Crippen LogP contribution is -2.03. The van der Waals surface area contributed by atoms with E-state index in [1.54, 1.807) is 0 Å². The van der Waals surface area contributed by atoms with E-state index in [1.807, 2.05) is 18.2 Å². The largest absolute Gasteiger partial charge is 0.372 e. The molecule has 0 amide bonds. The van der Waals surface area contributed by atoms with E-state index in [4.69, 9.17) is 15.4 Å². The van der Waals surface area contributed by atoms with Crippen molar-refractivity contribution in [1.29, 1.82) is 0 Å². The van der Waals surface area contributed by atoms with Crippen molar-refractivity contribution in [2.45, 2.75) is 19.6 Å². The number of rotatable bonds is 3. The Kier molecular flexibility index (Phi) is 3.00. The van der Waals surface area contributed by atoms with Crippen LogP contribution in [0, 0.1) is 0 Å². The average molecular weight is 247 g/mol. The molecule has 3 nitrogen and oxygen atoms in total. The van der Waals surface area contributed by atoms with E-state index >= 15 is 0 Å². The van der Waals surface area contributed by atoms with Crippen LogP contribution in [-0.2, 0) is 33.4 Å². The third-order valence-electron chi connectivity index (χ3n) is 2.49. The fraction of sp³-hybridized carbons (Fsp3) is 0.400. The van der Waals surface area contributed by atoms with Gasteiger partial charge in [-0.2, -0.15) is 0 Å². The highest BCUT2D eigenvalue weighted by molar-refractivity contribution is 8.13. The van der Waals surface area contributed by atoms with Crippen LogP contribution in [0.1, 0.15) is 16.7 Å². The maximum Gasteiger partial charge on any atom is 0.232 e. The molecule has 1 aromatic carbocycles. The number of halogens is 1. The second-order valence-corrected chi connectivity index (χ2v) is 6.44. The smallest absolute Gasteiger partial charge is 0.232 e. The summed E-state index contributed by atoms with van der Waals surface area (Å²) < 4.78 is 27.0. The van der Waals surface area contributed by atoms with Crippen LogP contribution in [0.25, 0.3) is 0 Å². The Morgan fingerprint density at radius 2 is 2.13 bits per heavy atom. The van der Waals surface area contributed by atoms with Gasteiger partial charge in [-0.1, -0.05) is 18.2 Å². The molecule has 1 aliphatic rings. The number of hydrogen-bond donors (Lipinski definition) is 0. The maximum absolute atomic E-state index is 10.8. The second-order valence-electron chi connectivity index (χ2n) is 3.54. The topological polar surface area (TPSA) is 43.4 Å². The van der Waals surface area contributed by atoms with Gasteiger partial charge in [-0.05, 0) is 23.1 Å². The third-order valence-corrected chi connectivity index (χ3v) is 3.64. The minimum absolute atomic E-state index is 0.0228. The molecular formula is C10H11ClO3S. The van der Waals surface area contributed by atoms with Crippen LogP contribution in [0.3, 0.4) is 0 Å². The summed E-state index contributed by atoms with van der Waals surface area (Å²) in [6.45, 7) is 1.20. The Hall–Kier alpha value is -0.580. The number of benzene rings is 1. The molecule has 1 aliphatic heterocycles. The van der Waals surface area contributed by atoms with Gasteiger partial charge in [0, 0.05) is 10.7 Å². The van der Waals surface area contributed by atoms with Gasteiger partial charge in [-0.25, -0.2) is 8.42 Å². The first-order valence-corrected chi connectivity index (χ1v) is 7.14. The van der Waals surface area contributed by atoms with Gasteiger partial charge in [0.05, 0.1) is 19.0 Å². The van der Waals surface area contributed by atoms with Crippen LogP contribution in [0.5, 0.6) is 0 Å². The van der Waals surface area contributed by atoms with E-state index < -0.39 is 9.05 Å². The first-order valence-electron chi connectivity index (χ1n) is 4.66. The summed E-state index contributed by atoms with van der Waals surface area (Å²) in [5.41, 5.74) is 3.30. The molecule has 0 spiro atoms. The van der Waals surface area contributed by atoms with E-state index in [1.165, 1.54) is 0 Å². The van der Waals surface area contributed by atoms with Gasteiger partial charge in [0.2, 0.25) is 9.05 Å². The average Bonchev–Trinajstić information content (AvgIpc) is 2.61. The molecular weight excluding hydrogens is 236 g/mol. The molecule has 0 N–H and O–H groups in total. The molecule has 1 aromatic rings. The summed E-state index contributed by atoms with van der Waals surface area (Å²) >= 11 is 0. The molecule has 1 heterocycles. The second kappa shape index (κ2) is 4.12. The Bertz CT molecular complexity index is 468. The number of fused-ring (bicyclic) bond motifs is 1. The Morgan fingerprint density at radius 3 is 2.87 bits per heavy atom. The summed E-state index contributed by atoms with van der Waals surface area (Å²) in [6.07, 6.45) is 0.457. The molecule has 0 saturated carbocycles. The van der Waals surface area contributed by atoms with Gasteiger partial charge in [-0.3, -0.25) is 0 Å². The summed E-state index contributed by atoms with van der Waals surface area (Å²) in [4.78, 5) is 0. The number of aryl methyl sites for hydroxylation is 1. The predicted octanol–water partition coefficient (Wildman–Crippen LogP) is 1.83. The molecule has 0 unspecified atom stereocenters. The Balaban J connectivity index is 2.19.